The summed E-state index contributed by atoms with van der Waals surface area (Å²) in [6.07, 6.45) is 0. The third-order valence-electron chi connectivity index (χ3n) is 3.93. The van der Waals surface area contributed by atoms with Gasteiger partial charge in [0.2, 0.25) is 0 Å². The van der Waals surface area contributed by atoms with Gasteiger partial charge in [-0.1, -0.05) is 11.8 Å². The van der Waals surface area contributed by atoms with Crippen LogP contribution in [-0.4, -0.2) is 0 Å². The molecule has 2 aromatic heterocycles. The Morgan fingerprint density at radius 1 is 0.682 bits per heavy atom. The molecule has 4 rings (SSSR count). The quantitative estimate of drug-likeness (QED) is 0.342. The van der Waals surface area contributed by atoms with Crippen molar-refractivity contribution in [2.75, 3.05) is 0 Å². The molecule has 0 saturated heterocycles. The van der Waals surface area contributed by atoms with E-state index in [1.165, 1.54) is 31.3 Å². The fraction of sp³-hybridized carbons (Fsp3) is 0.100. The van der Waals surface area contributed by atoms with E-state index in [0.717, 1.165) is 11.1 Å². The molecule has 2 aromatic carbocycles. The summed E-state index contributed by atoms with van der Waals surface area (Å²) < 4.78 is 2.64. The maximum Gasteiger partial charge on any atom is 0.0355 e. The molecule has 2 heterocycles. The van der Waals surface area contributed by atoms with Crippen molar-refractivity contribution >= 4 is 42.8 Å². The first-order valence-electron chi connectivity index (χ1n) is 7.18. The number of hydrogen-bond acceptors (Lipinski definition) is 2. The van der Waals surface area contributed by atoms with E-state index in [4.69, 9.17) is 0 Å². The maximum absolute atomic E-state index is 3.37. The highest BCUT2D eigenvalue weighted by Crippen LogP contribution is 2.26. The largest absolute Gasteiger partial charge is 0.144 e. The Morgan fingerprint density at radius 2 is 1.23 bits per heavy atom. The summed E-state index contributed by atoms with van der Waals surface area (Å²) in [7, 11) is 0. The SMILES string of the molecule is Cc1cc2sccc2cc1C#Cc1cc2sccc2cc1C. The molecule has 0 unspecified atom stereocenters. The summed E-state index contributed by atoms with van der Waals surface area (Å²) in [6.45, 7) is 4.27. The van der Waals surface area contributed by atoms with Gasteiger partial charge in [0, 0.05) is 20.5 Å². The van der Waals surface area contributed by atoms with E-state index in [2.05, 4.69) is 72.8 Å². The Kier molecular flexibility index (Phi) is 3.26. The van der Waals surface area contributed by atoms with E-state index in [1.807, 2.05) is 0 Å². The van der Waals surface area contributed by atoms with Crippen LogP contribution >= 0.6 is 22.7 Å². The first-order chi connectivity index (χ1) is 10.7. The second kappa shape index (κ2) is 5.28. The number of hydrogen-bond donors (Lipinski definition) is 0. The standard InChI is InChI=1S/C20H14S2/c1-13-9-17-5-7-22-20(17)12-16(13)4-3-15-11-18-6-8-21-19(18)10-14(15)2/h5-12H,1-2H3. The predicted octanol–water partition coefficient (Wildman–Crippen LogP) is 6.13. The molecule has 0 saturated carbocycles. The van der Waals surface area contributed by atoms with Gasteiger partial charge in [0.1, 0.15) is 0 Å². The molecule has 0 atom stereocenters. The molecule has 0 fully saturated rings. The second-order valence-corrected chi connectivity index (χ2v) is 7.40. The average molecular weight is 318 g/mol. The molecule has 0 spiro atoms. The van der Waals surface area contributed by atoms with Crippen LogP contribution in [-0.2, 0) is 0 Å². The lowest BCUT2D eigenvalue weighted by Crippen LogP contribution is -1.84. The molecule has 106 valence electrons. The second-order valence-electron chi connectivity index (χ2n) is 5.50. The molecule has 0 aliphatic carbocycles. The van der Waals surface area contributed by atoms with Gasteiger partial charge in [-0.15, -0.1) is 22.7 Å². The van der Waals surface area contributed by atoms with Gasteiger partial charge in [0.25, 0.3) is 0 Å². The third kappa shape index (κ3) is 2.33. The van der Waals surface area contributed by atoms with Crippen LogP contribution in [0.5, 0.6) is 0 Å². The first-order valence-corrected chi connectivity index (χ1v) is 8.94. The third-order valence-corrected chi connectivity index (χ3v) is 5.69. The van der Waals surface area contributed by atoms with Gasteiger partial charge in [-0.05, 0) is 82.9 Å². The lowest BCUT2D eigenvalue weighted by Gasteiger charge is -2.00. The van der Waals surface area contributed by atoms with Crippen LogP contribution in [0.4, 0.5) is 0 Å². The van der Waals surface area contributed by atoms with Crippen LogP contribution in [0.3, 0.4) is 0 Å². The van der Waals surface area contributed by atoms with Gasteiger partial charge in [0.15, 0.2) is 0 Å². The van der Waals surface area contributed by atoms with E-state index in [9.17, 15) is 0 Å². The predicted molar refractivity (Wildman–Crippen MR) is 99.1 cm³/mol. The fourth-order valence-electron chi connectivity index (χ4n) is 2.64. The van der Waals surface area contributed by atoms with Crippen molar-refractivity contribution in [2.45, 2.75) is 13.8 Å². The monoisotopic (exact) mass is 318 g/mol. The number of thiophene rings is 2. The normalized spacial score (nSPS) is 10.8. The maximum atomic E-state index is 3.37. The Morgan fingerprint density at radius 3 is 1.95 bits per heavy atom. The number of aryl methyl sites for hydroxylation is 2. The van der Waals surface area contributed by atoms with E-state index < -0.39 is 0 Å². The van der Waals surface area contributed by atoms with Gasteiger partial charge in [0.05, 0.1) is 0 Å². The van der Waals surface area contributed by atoms with Crippen molar-refractivity contribution in [1.82, 2.24) is 0 Å². The van der Waals surface area contributed by atoms with Gasteiger partial charge < -0.3 is 0 Å². The van der Waals surface area contributed by atoms with Crippen LogP contribution in [0.2, 0.25) is 0 Å². The number of rotatable bonds is 0. The van der Waals surface area contributed by atoms with Gasteiger partial charge >= 0.3 is 0 Å². The van der Waals surface area contributed by atoms with Gasteiger partial charge in [-0.2, -0.15) is 0 Å². The van der Waals surface area contributed by atoms with Crippen molar-refractivity contribution in [3.63, 3.8) is 0 Å². The zero-order chi connectivity index (χ0) is 15.1. The summed E-state index contributed by atoms with van der Waals surface area (Å²) >= 11 is 3.55. The lowest BCUT2D eigenvalue weighted by atomic mass is 10.0. The molecular weight excluding hydrogens is 304 g/mol. The fourth-order valence-corrected chi connectivity index (χ4v) is 4.32. The Balaban J connectivity index is 1.82. The summed E-state index contributed by atoms with van der Waals surface area (Å²) in [6, 6.07) is 13.2. The Hall–Kier alpha value is -2.08. The molecule has 4 aromatic rings. The van der Waals surface area contributed by atoms with Gasteiger partial charge in [-0.25, -0.2) is 0 Å². The van der Waals surface area contributed by atoms with Crippen LogP contribution in [0.1, 0.15) is 22.3 Å². The number of benzene rings is 2. The number of fused-ring (bicyclic) bond motifs is 2. The molecule has 0 aliphatic heterocycles. The molecule has 22 heavy (non-hydrogen) atoms. The molecule has 0 aliphatic rings. The minimum absolute atomic E-state index is 1.12. The van der Waals surface area contributed by atoms with Crippen molar-refractivity contribution < 1.29 is 0 Å². The average Bonchev–Trinajstić information content (AvgIpc) is 3.12. The highest BCUT2D eigenvalue weighted by molar-refractivity contribution is 7.17. The summed E-state index contributed by atoms with van der Waals surface area (Å²) in [5, 5.41) is 6.86. The van der Waals surface area contributed by atoms with Crippen LogP contribution in [0.15, 0.2) is 47.2 Å². The van der Waals surface area contributed by atoms with E-state index in [-0.39, 0.29) is 0 Å². The molecule has 0 bridgehead atoms. The topological polar surface area (TPSA) is 0 Å². The van der Waals surface area contributed by atoms with E-state index in [0.29, 0.717) is 0 Å². The van der Waals surface area contributed by atoms with E-state index in [1.54, 1.807) is 22.7 Å². The van der Waals surface area contributed by atoms with E-state index >= 15 is 0 Å². The summed E-state index contributed by atoms with van der Waals surface area (Å²) in [4.78, 5) is 0. The molecule has 0 N–H and O–H groups in total. The molecule has 2 heteroatoms. The van der Waals surface area contributed by atoms with Crippen molar-refractivity contribution in [1.29, 1.82) is 0 Å². The molecule has 0 radical (unpaired) electrons. The molecule has 0 amide bonds. The van der Waals surface area contributed by atoms with Crippen LogP contribution in [0.25, 0.3) is 20.2 Å². The minimum atomic E-state index is 1.12. The molecular formula is C20H14S2. The highest BCUT2D eigenvalue weighted by atomic mass is 32.1. The highest BCUT2D eigenvalue weighted by Gasteiger charge is 2.02. The van der Waals surface area contributed by atoms with Crippen molar-refractivity contribution in [2.24, 2.45) is 0 Å². The van der Waals surface area contributed by atoms with Gasteiger partial charge in [-0.3, -0.25) is 0 Å². The van der Waals surface area contributed by atoms with Crippen molar-refractivity contribution in [3.05, 3.63) is 69.4 Å². The minimum Gasteiger partial charge on any atom is -0.144 e. The smallest absolute Gasteiger partial charge is 0.0355 e. The first kappa shape index (κ1) is 13.6. The summed E-state index contributed by atoms with van der Waals surface area (Å²) in [5.41, 5.74) is 4.74. The van der Waals surface area contributed by atoms with Crippen molar-refractivity contribution in [3.8, 4) is 11.8 Å². The summed E-state index contributed by atoms with van der Waals surface area (Å²) in [5.74, 6) is 6.74. The van der Waals surface area contributed by atoms with Crippen LogP contribution < -0.4 is 0 Å². The Labute approximate surface area is 138 Å². The lowest BCUT2D eigenvalue weighted by molar-refractivity contribution is 1.46. The molecule has 0 nitrogen and oxygen atoms in total. The van der Waals surface area contributed by atoms with Crippen LogP contribution in [0, 0.1) is 25.7 Å². The zero-order valence-electron chi connectivity index (χ0n) is 12.4. The Bertz CT molecular complexity index is 968. The zero-order valence-corrected chi connectivity index (χ0v) is 14.1.